The van der Waals surface area contributed by atoms with Gasteiger partial charge < -0.3 is 10.2 Å². The molecule has 0 aromatic heterocycles. The number of hydrogen-bond acceptors (Lipinski definition) is 2. The molecule has 1 N–H and O–H groups in total. The van der Waals surface area contributed by atoms with Gasteiger partial charge in [-0.2, -0.15) is 0 Å². The van der Waals surface area contributed by atoms with Gasteiger partial charge in [-0.15, -0.1) is 0 Å². The Hall–Kier alpha value is -1.06. The van der Waals surface area contributed by atoms with E-state index in [0.717, 1.165) is 6.42 Å². The van der Waals surface area contributed by atoms with Crippen molar-refractivity contribution >= 4 is 11.8 Å². The summed E-state index contributed by atoms with van der Waals surface area (Å²) in [6.07, 6.45) is 2.33. The predicted octanol–water partition coefficient (Wildman–Crippen LogP) is 2.33. The molecule has 1 atom stereocenters. The molecule has 1 saturated heterocycles. The van der Waals surface area contributed by atoms with Crippen LogP contribution in [0, 0.1) is 5.92 Å². The SMILES string of the molecule is CCC(C)CN1C(=O)C(C)(C)NC(=O)C1(CC)CC. The Morgan fingerprint density at radius 3 is 2.11 bits per heavy atom. The molecule has 1 heterocycles. The molecule has 0 spiro atoms. The van der Waals surface area contributed by atoms with Crippen LogP contribution in [0.25, 0.3) is 0 Å². The van der Waals surface area contributed by atoms with Crippen molar-refractivity contribution in [2.45, 2.75) is 71.9 Å². The Bertz CT molecular complexity index is 359. The van der Waals surface area contributed by atoms with Crippen LogP contribution in [0.5, 0.6) is 0 Å². The van der Waals surface area contributed by atoms with Gasteiger partial charge in [0, 0.05) is 6.54 Å². The lowest BCUT2D eigenvalue weighted by Gasteiger charge is -2.51. The van der Waals surface area contributed by atoms with Crippen molar-refractivity contribution in [2.24, 2.45) is 5.92 Å². The number of amides is 2. The number of carbonyl (C=O) groups is 2. The molecule has 0 aromatic carbocycles. The van der Waals surface area contributed by atoms with Gasteiger partial charge in [0.1, 0.15) is 11.1 Å². The standard InChI is InChI=1S/C15H28N2O2/c1-7-11(4)10-17-13(19)14(5,6)16-12(18)15(17,8-2)9-3/h11H,7-10H2,1-6H3,(H,16,18). The van der Waals surface area contributed by atoms with Crippen LogP contribution in [0.3, 0.4) is 0 Å². The number of nitrogens with zero attached hydrogens (tertiary/aromatic N) is 1. The minimum absolute atomic E-state index is 0.00889. The zero-order chi connectivity index (χ0) is 14.8. The minimum Gasteiger partial charge on any atom is -0.340 e. The van der Waals surface area contributed by atoms with Gasteiger partial charge in [-0.25, -0.2) is 0 Å². The van der Waals surface area contributed by atoms with Gasteiger partial charge in [0.15, 0.2) is 0 Å². The summed E-state index contributed by atoms with van der Waals surface area (Å²) in [6.45, 7) is 12.4. The largest absolute Gasteiger partial charge is 0.340 e. The highest BCUT2D eigenvalue weighted by molar-refractivity contribution is 6.01. The molecule has 1 aliphatic rings. The van der Waals surface area contributed by atoms with Gasteiger partial charge in [0.25, 0.3) is 0 Å². The molecule has 1 unspecified atom stereocenters. The number of piperazine rings is 1. The highest BCUT2D eigenvalue weighted by Gasteiger charge is 2.53. The molecular formula is C15H28N2O2. The van der Waals surface area contributed by atoms with Crippen LogP contribution in [0.4, 0.5) is 0 Å². The van der Waals surface area contributed by atoms with Crippen LogP contribution in [0.15, 0.2) is 0 Å². The average Bonchev–Trinajstić information content (AvgIpc) is 2.36. The van der Waals surface area contributed by atoms with Gasteiger partial charge in [-0.05, 0) is 32.6 Å². The highest BCUT2D eigenvalue weighted by Crippen LogP contribution is 2.32. The number of hydrogen-bond donors (Lipinski definition) is 1. The summed E-state index contributed by atoms with van der Waals surface area (Å²) < 4.78 is 0. The van der Waals surface area contributed by atoms with Crippen LogP contribution >= 0.6 is 0 Å². The fourth-order valence-electron chi connectivity index (χ4n) is 2.76. The third kappa shape index (κ3) is 2.63. The van der Waals surface area contributed by atoms with Crippen molar-refractivity contribution in [1.82, 2.24) is 10.2 Å². The van der Waals surface area contributed by atoms with E-state index in [-0.39, 0.29) is 11.8 Å². The maximum absolute atomic E-state index is 12.7. The molecule has 19 heavy (non-hydrogen) atoms. The van der Waals surface area contributed by atoms with Crippen LogP contribution in [-0.2, 0) is 9.59 Å². The molecule has 1 rings (SSSR count). The van der Waals surface area contributed by atoms with Gasteiger partial charge in [0.2, 0.25) is 11.8 Å². The van der Waals surface area contributed by atoms with E-state index in [1.54, 1.807) is 13.8 Å². The van der Waals surface area contributed by atoms with Crippen molar-refractivity contribution in [1.29, 1.82) is 0 Å². The van der Waals surface area contributed by atoms with Gasteiger partial charge in [-0.3, -0.25) is 9.59 Å². The van der Waals surface area contributed by atoms with Gasteiger partial charge in [-0.1, -0.05) is 34.1 Å². The second-order valence-corrected chi connectivity index (χ2v) is 6.25. The molecule has 0 bridgehead atoms. The van der Waals surface area contributed by atoms with E-state index >= 15 is 0 Å². The van der Waals surface area contributed by atoms with E-state index in [9.17, 15) is 9.59 Å². The summed E-state index contributed by atoms with van der Waals surface area (Å²) in [5, 5.41) is 2.89. The van der Waals surface area contributed by atoms with E-state index in [2.05, 4.69) is 19.2 Å². The maximum atomic E-state index is 12.7. The summed E-state index contributed by atoms with van der Waals surface area (Å²) >= 11 is 0. The molecule has 0 saturated carbocycles. The Morgan fingerprint density at radius 2 is 1.68 bits per heavy atom. The first-order chi connectivity index (χ1) is 8.75. The third-order valence-corrected chi connectivity index (χ3v) is 4.51. The lowest BCUT2D eigenvalue weighted by atomic mass is 9.82. The quantitative estimate of drug-likeness (QED) is 0.832. The fraction of sp³-hybridized carbons (Fsp3) is 0.867. The summed E-state index contributed by atoms with van der Waals surface area (Å²) in [5.74, 6) is 0.435. The highest BCUT2D eigenvalue weighted by atomic mass is 16.2. The van der Waals surface area contributed by atoms with Crippen molar-refractivity contribution < 1.29 is 9.59 Å². The van der Waals surface area contributed by atoms with Crippen molar-refractivity contribution in [2.75, 3.05) is 6.54 Å². The van der Waals surface area contributed by atoms with E-state index in [4.69, 9.17) is 0 Å². The van der Waals surface area contributed by atoms with Gasteiger partial charge in [0.05, 0.1) is 0 Å². The van der Waals surface area contributed by atoms with Crippen LogP contribution in [0.2, 0.25) is 0 Å². The number of nitrogens with one attached hydrogen (secondary N) is 1. The van der Waals surface area contributed by atoms with E-state index < -0.39 is 11.1 Å². The lowest BCUT2D eigenvalue weighted by Crippen LogP contribution is -2.74. The van der Waals surface area contributed by atoms with Crippen LogP contribution < -0.4 is 5.32 Å². The minimum atomic E-state index is -0.793. The average molecular weight is 268 g/mol. The fourth-order valence-corrected chi connectivity index (χ4v) is 2.76. The first-order valence-corrected chi connectivity index (χ1v) is 7.39. The van der Waals surface area contributed by atoms with E-state index in [1.807, 2.05) is 18.7 Å². The molecule has 2 amide bonds. The molecule has 110 valence electrons. The summed E-state index contributed by atoms with van der Waals surface area (Å²) in [7, 11) is 0. The second kappa shape index (κ2) is 5.51. The topological polar surface area (TPSA) is 49.4 Å². The third-order valence-electron chi connectivity index (χ3n) is 4.51. The lowest BCUT2D eigenvalue weighted by molar-refractivity contribution is -0.163. The van der Waals surface area contributed by atoms with Crippen LogP contribution in [-0.4, -0.2) is 34.3 Å². The molecule has 0 aliphatic carbocycles. The Balaban J connectivity index is 3.19. The van der Waals surface area contributed by atoms with Gasteiger partial charge >= 0.3 is 0 Å². The molecular weight excluding hydrogens is 240 g/mol. The monoisotopic (exact) mass is 268 g/mol. The number of carbonyl (C=O) groups excluding carboxylic acids is 2. The molecule has 4 nitrogen and oxygen atoms in total. The smallest absolute Gasteiger partial charge is 0.248 e. The van der Waals surface area contributed by atoms with E-state index in [1.165, 1.54) is 0 Å². The zero-order valence-corrected chi connectivity index (χ0v) is 13.2. The van der Waals surface area contributed by atoms with Crippen molar-refractivity contribution in [3.05, 3.63) is 0 Å². The Morgan fingerprint density at radius 1 is 1.16 bits per heavy atom. The summed E-state index contributed by atoms with van der Waals surface area (Å²) in [6, 6.07) is 0. The molecule has 0 radical (unpaired) electrons. The maximum Gasteiger partial charge on any atom is 0.248 e. The van der Waals surface area contributed by atoms with Crippen molar-refractivity contribution in [3.8, 4) is 0 Å². The molecule has 0 aromatic rings. The summed E-state index contributed by atoms with van der Waals surface area (Å²) in [5.41, 5.74) is -1.46. The normalized spacial score (nSPS) is 23.2. The van der Waals surface area contributed by atoms with E-state index in [0.29, 0.717) is 25.3 Å². The molecule has 4 heteroatoms. The first-order valence-electron chi connectivity index (χ1n) is 7.39. The summed E-state index contributed by atoms with van der Waals surface area (Å²) in [4.78, 5) is 27.0. The van der Waals surface area contributed by atoms with Crippen molar-refractivity contribution in [3.63, 3.8) is 0 Å². The molecule has 1 fully saturated rings. The number of rotatable bonds is 5. The Kier molecular flexibility index (Phi) is 4.64. The zero-order valence-electron chi connectivity index (χ0n) is 13.2. The van der Waals surface area contributed by atoms with Crippen LogP contribution in [0.1, 0.15) is 60.8 Å². The predicted molar refractivity (Wildman–Crippen MR) is 76.7 cm³/mol. The first kappa shape index (κ1) is 16.0. The second-order valence-electron chi connectivity index (χ2n) is 6.25. The Labute approximate surface area is 116 Å². The molecule has 1 aliphatic heterocycles.